The van der Waals surface area contributed by atoms with Crippen molar-refractivity contribution in [3.05, 3.63) is 94.8 Å². The zero-order valence-electron chi connectivity index (χ0n) is 15.6. The van der Waals surface area contributed by atoms with Gasteiger partial charge in [-0.3, -0.25) is 9.59 Å². The average Bonchev–Trinajstić information content (AvgIpc) is 2.75. The van der Waals surface area contributed by atoms with E-state index in [4.69, 9.17) is 16.3 Å². The lowest BCUT2D eigenvalue weighted by molar-refractivity contribution is -0.118. The minimum Gasteiger partial charge on any atom is -0.484 e. The van der Waals surface area contributed by atoms with E-state index in [1.54, 1.807) is 48.5 Å². The number of hydrazone groups is 1. The third kappa shape index (κ3) is 6.42. The van der Waals surface area contributed by atoms with E-state index in [1.807, 2.05) is 0 Å². The van der Waals surface area contributed by atoms with Gasteiger partial charge in [-0.2, -0.15) is 5.10 Å². The summed E-state index contributed by atoms with van der Waals surface area (Å²) in [6.45, 7) is -0.217. The van der Waals surface area contributed by atoms with Gasteiger partial charge in [0, 0.05) is 16.3 Å². The molecule has 0 fully saturated rings. The van der Waals surface area contributed by atoms with Gasteiger partial charge in [0.1, 0.15) is 11.6 Å². The Bertz CT molecular complexity index is 1050. The second-order valence-corrected chi connectivity index (χ2v) is 6.56. The molecule has 3 aromatic rings. The number of ether oxygens (including phenoxy) is 1. The molecule has 0 saturated heterocycles. The van der Waals surface area contributed by atoms with Crippen molar-refractivity contribution < 1.29 is 18.7 Å². The Morgan fingerprint density at radius 3 is 2.50 bits per heavy atom. The van der Waals surface area contributed by atoms with Crippen LogP contribution in [0, 0.1) is 5.82 Å². The summed E-state index contributed by atoms with van der Waals surface area (Å²) in [5, 5.41) is 7.06. The average molecular weight is 426 g/mol. The van der Waals surface area contributed by atoms with Crippen LogP contribution in [-0.2, 0) is 4.79 Å². The number of amides is 2. The molecule has 0 atom stereocenters. The first-order chi connectivity index (χ1) is 14.5. The third-order valence-electron chi connectivity index (χ3n) is 3.84. The molecule has 2 N–H and O–H groups in total. The predicted octanol–water partition coefficient (Wildman–Crippen LogP) is 4.26. The number of anilines is 1. The Morgan fingerprint density at radius 2 is 1.77 bits per heavy atom. The molecular weight excluding hydrogens is 409 g/mol. The van der Waals surface area contributed by atoms with Gasteiger partial charge in [-0.05, 0) is 66.2 Å². The maximum atomic E-state index is 12.9. The highest BCUT2D eigenvalue weighted by Gasteiger charge is 2.05. The molecule has 8 heteroatoms. The van der Waals surface area contributed by atoms with Gasteiger partial charge in [-0.1, -0.05) is 23.7 Å². The SMILES string of the molecule is O=C(COc1cccc(C=NNC(=O)c2ccc(Cl)cc2)c1)Nc1ccc(F)cc1. The molecule has 0 radical (unpaired) electrons. The lowest BCUT2D eigenvalue weighted by atomic mass is 10.2. The van der Waals surface area contributed by atoms with Crippen LogP contribution in [0.15, 0.2) is 77.9 Å². The van der Waals surface area contributed by atoms with Crippen molar-refractivity contribution in [1.29, 1.82) is 0 Å². The van der Waals surface area contributed by atoms with Crippen LogP contribution < -0.4 is 15.5 Å². The Morgan fingerprint density at radius 1 is 1.03 bits per heavy atom. The number of nitrogens with zero attached hydrogens (tertiary/aromatic N) is 1. The smallest absolute Gasteiger partial charge is 0.271 e. The van der Waals surface area contributed by atoms with Gasteiger partial charge in [-0.15, -0.1) is 0 Å². The van der Waals surface area contributed by atoms with Crippen molar-refractivity contribution >= 4 is 35.3 Å². The maximum absolute atomic E-state index is 12.9. The summed E-state index contributed by atoms with van der Waals surface area (Å²) in [5.41, 5.74) is 4.00. The van der Waals surface area contributed by atoms with E-state index in [2.05, 4.69) is 15.8 Å². The molecule has 152 valence electrons. The normalized spacial score (nSPS) is 10.6. The van der Waals surface area contributed by atoms with Crippen molar-refractivity contribution in [3.63, 3.8) is 0 Å². The molecule has 0 aromatic heterocycles. The first kappa shape index (κ1) is 21.0. The summed E-state index contributed by atoms with van der Waals surface area (Å²) in [7, 11) is 0. The Hall–Kier alpha value is -3.71. The van der Waals surface area contributed by atoms with Gasteiger partial charge in [0.25, 0.3) is 11.8 Å². The van der Waals surface area contributed by atoms with E-state index in [-0.39, 0.29) is 24.2 Å². The first-order valence-corrected chi connectivity index (χ1v) is 9.25. The molecule has 0 aliphatic carbocycles. The number of hydrogen-bond acceptors (Lipinski definition) is 4. The highest BCUT2D eigenvalue weighted by atomic mass is 35.5. The van der Waals surface area contributed by atoms with Crippen LogP contribution >= 0.6 is 11.6 Å². The molecule has 6 nitrogen and oxygen atoms in total. The van der Waals surface area contributed by atoms with Crippen LogP contribution in [0.4, 0.5) is 10.1 Å². The quantitative estimate of drug-likeness (QED) is 0.438. The van der Waals surface area contributed by atoms with Crippen molar-refractivity contribution in [2.75, 3.05) is 11.9 Å². The molecule has 3 aromatic carbocycles. The molecule has 3 rings (SSSR count). The molecule has 2 amide bonds. The second kappa shape index (κ2) is 10.2. The van der Waals surface area contributed by atoms with Gasteiger partial charge in [0.2, 0.25) is 0 Å². The van der Waals surface area contributed by atoms with Gasteiger partial charge < -0.3 is 10.1 Å². The van der Waals surface area contributed by atoms with Gasteiger partial charge in [0.05, 0.1) is 6.21 Å². The van der Waals surface area contributed by atoms with E-state index >= 15 is 0 Å². The van der Waals surface area contributed by atoms with Crippen LogP contribution in [0.3, 0.4) is 0 Å². The summed E-state index contributed by atoms with van der Waals surface area (Å²) in [6.07, 6.45) is 1.46. The van der Waals surface area contributed by atoms with E-state index in [0.717, 1.165) is 0 Å². The number of halogens is 2. The standard InChI is InChI=1S/C22H17ClFN3O3/c23-17-6-4-16(5-7-17)22(29)27-25-13-15-2-1-3-20(12-15)30-14-21(28)26-19-10-8-18(24)9-11-19/h1-13H,14H2,(H,26,28)(H,27,29). The molecule has 0 spiro atoms. The third-order valence-corrected chi connectivity index (χ3v) is 4.09. The van der Waals surface area contributed by atoms with Gasteiger partial charge in [-0.25, -0.2) is 9.82 Å². The Kier molecular flexibility index (Phi) is 7.13. The van der Waals surface area contributed by atoms with E-state index < -0.39 is 0 Å². The number of carbonyl (C=O) groups excluding carboxylic acids is 2. The Balaban J connectivity index is 1.50. The molecule has 0 aliphatic heterocycles. The van der Waals surface area contributed by atoms with Crippen LogP contribution in [0.25, 0.3) is 0 Å². The summed E-state index contributed by atoms with van der Waals surface area (Å²) in [4.78, 5) is 23.9. The van der Waals surface area contributed by atoms with E-state index in [1.165, 1.54) is 30.5 Å². The molecule has 0 unspecified atom stereocenters. The summed E-state index contributed by atoms with van der Waals surface area (Å²) >= 11 is 5.80. The lowest BCUT2D eigenvalue weighted by Gasteiger charge is -2.08. The van der Waals surface area contributed by atoms with Gasteiger partial charge in [0.15, 0.2) is 6.61 Å². The fraction of sp³-hybridized carbons (Fsp3) is 0.0455. The number of hydrogen-bond donors (Lipinski definition) is 2. The largest absolute Gasteiger partial charge is 0.484 e. The minimum atomic E-state index is -0.382. The fourth-order valence-corrected chi connectivity index (χ4v) is 2.52. The van der Waals surface area contributed by atoms with Gasteiger partial charge >= 0.3 is 0 Å². The summed E-state index contributed by atoms with van der Waals surface area (Å²) in [6, 6.07) is 18.7. The van der Waals surface area contributed by atoms with Crippen molar-refractivity contribution in [2.24, 2.45) is 5.10 Å². The molecule has 0 aliphatic rings. The lowest BCUT2D eigenvalue weighted by Crippen LogP contribution is -2.20. The van der Waals surface area contributed by atoms with Crippen molar-refractivity contribution in [2.45, 2.75) is 0 Å². The summed E-state index contributed by atoms with van der Waals surface area (Å²) in [5.74, 6) is -0.673. The van der Waals surface area contributed by atoms with Crippen molar-refractivity contribution in [3.8, 4) is 5.75 Å². The number of rotatable bonds is 7. The number of benzene rings is 3. The predicted molar refractivity (Wildman–Crippen MR) is 113 cm³/mol. The highest BCUT2D eigenvalue weighted by Crippen LogP contribution is 2.13. The molecule has 0 saturated carbocycles. The number of carbonyl (C=O) groups is 2. The highest BCUT2D eigenvalue weighted by molar-refractivity contribution is 6.30. The van der Waals surface area contributed by atoms with E-state index in [9.17, 15) is 14.0 Å². The second-order valence-electron chi connectivity index (χ2n) is 6.12. The number of nitrogens with one attached hydrogen (secondary N) is 2. The zero-order valence-corrected chi connectivity index (χ0v) is 16.4. The fourth-order valence-electron chi connectivity index (χ4n) is 2.40. The van der Waals surface area contributed by atoms with Crippen LogP contribution in [-0.4, -0.2) is 24.6 Å². The first-order valence-electron chi connectivity index (χ1n) is 8.87. The Labute approximate surface area is 177 Å². The van der Waals surface area contributed by atoms with Crippen LogP contribution in [0.5, 0.6) is 5.75 Å². The van der Waals surface area contributed by atoms with Crippen LogP contribution in [0.1, 0.15) is 15.9 Å². The topological polar surface area (TPSA) is 79.8 Å². The monoisotopic (exact) mass is 425 g/mol. The van der Waals surface area contributed by atoms with Crippen LogP contribution in [0.2, 0.25) is 5.02 Å². The molecule has 0 heterocycles. The molecular formula is C22H17ClFN3O3. The minimum absolute atomic E-state index is 0.217. The van der Waals surface area contributed by atoms with Crippen molar-refractivity contribution in [1.82, 2.24) is 5.43 Å². The molecule has 30 heavy (non-hydrogen) atoms. The molecule has 0 bridgehead atoms. The summed E-state index contributed by atoms with van der Waals surface area (Å²) < 4.78 is 18.4. The maximum Gasteiger partial charge on any atom is 0.271 e. The van der Waals surface area contributed by atoms with E-state index in [0.29, 0.717) is 27.6 Å². The zero-order chi connectivity index (χ0) is 21.3.